The van der Waals surface area contributed by atoms with Crippen molar-refractivity contribution >= 4 is 12.4 Å². The van der Waals surface area contributed by atoms with Gasteiger partial charge >= 0.3 is 0 Å². The third-order valence-electron chi connectivity index (χ3n) is 4.90. The van der Waals surface area contributed by atoms with Crippen molar-refractivity contribution in [2.24, 2.45) is 0 Å². The molecule has 0 aromatic heterocycles. The van der Waals surface area contributed by atoms with Gasteiger partial charge in [0.25, 0.3) is 0 Å². The van der Waals surface area contributed by atoms with Gasteiger partial charge in [-0.05, 0) is 6.42 Å². The molecule has 0 fully saturated rings. The molecule has 0 aliphatic heterocycles. The molecule has 0 unspecified atom stereocenters. The van der Waals surface area contributed by atoms with Crippen molar-refractivity contribution in [1.82, 2.24) is 5.06 Å². The van der Waals surface area contributed by atoms with Crippen molar-refractivity contribution in [3.05, 3.63) is 0 Å². The zero-order chi connectivity index (χ0) is 18.8. The minimum absolute atomic E-state index is 0. The molecule has 27 heavy (non-hydrogen) atoms. The fourth-order valence-corrected chi connectivity index (χ4v) is 3.06. The van der Waals surface area contributed by atoms with E-state index in [-0.39, 0.29) is 24.8 Å². The molecule has 0 radical (unpaired) electrons. The average molecular weight is 430 g/mol. The Morgan fingerprint density at radius 1 is 0.667 bits per heavy atom. The van der Waals surface area contributed by atoms with E-state index in [1.165, 1.54) is 89.9 Å². The Labute approximate surface area is 184 Å². The summed E-state index contributed by atoms with van der Waals surface area (Å²) < 4.78 is 0.965. The number of nitrogens with zero attached hydrogens (tertiary/aromatic N) is 2. The number of hydrogen-bond acceptors (Lipinski definition) is 2. The van der Waals surface area contributed by atoms with Crippen LogP contribution in [0.1, 0.15) is 96.8 Å². The molecule has 0 N–H and O–H groups in total. The number of quaternary nitrogens is 1. The van der Waals surface area contributed by atoms with E-state index in [1.54, 1.807) is 0 Å². The fraction of sp³-hybridized carbons (Fsp3) is 1.00. The van der Waals surface area contributed by atoms with Gasteiger partial charge in [0.05, 0.1) is 21.1 Å². The number of unbranched alkanes of at least 4 members (excludes halogenated alkanes) is 13. The highest BCUT2D eigenvalue weighted by Gasteiger charge is 2.07. The maximum Gasteiger partial charge on any atom is 0.117 e. The van der Waals surface area contributed by atoms with Crippen LogP contribution < -0.4 is 12.4 Å². The van der Waals surface area contributed by atoms with Crippen LogP contribution in [0.2, 0.25) is 0 Å². The van der Waals surface area contributed by atoms with E-state index in [4.69, 9.17) is 4.84 Å². The summed E-state index contributed by atoms with van der Waals surface area (Å²) in [5, 5.41) is 2.02. The van der Waals surface area contributed by atoms with E-state index in [1.807, 2.05) is 5.06 Å². The molecule has 0 saturated heterocycles. The topological polar surface area (TPSA) is 12.5 Å². The van der Waals surface area contributed by atoms with Crippen LogP contribution in [0.3, 0.4) is 0 Å². The second-order valence-electron chi connectivity index (χ2n) is 8.79. The highest BCUT2D eigenvalue weighted by atomic mass is 35.5. The van der Waals surface area contributed by atoms with Crippen LogP contribution in [0.15, 0.2) is 0 Å². The van der Waals surface area contributed by atoms with Crippen molar-refractivity contribution in [2.75, 3.05) is 47.9 Å². The van der Waals surface area contributed by atoms with Crippen LogP contribution in [0.25, 0.3) is 0 Å². The summed E-state index contributed by atoms with van der Waals surface area (Å²) in [5.41, 5.74) is 0. The quantitative estimate of drug-likeness (QED) is 0.177. The van der Waals surface area contributed by atoms with Gasteiger partial charge in [0.2, 0.25) is 0 Å². The van der Waals surface area contributed by atoms with Crippen molar-refractivity contribution in [2.45, 2.75) is 96.8 Å². The molecule has 0 aromatic carbocycles. The van der Waals surface area contributed by atoms with Crippen molar-refractivity contribution in [3.8, 4) is 0 Å². The van der Waals surface area contributed by atoms with Crippen molar-refractivity contribution < 1.29 is 21.7 Å². The smallest absolute Gasteiger partial charge is 0.117 e. The van der Waals surface area contributed by atoms with Gasteiger partial charge in [0, 0.05) is 13.6 Å². The van der Waals surface area contributed by atoms with Crippen LogP contribution in [-0.2, 0) is 4.84 Å². The van der Waals surface area contributed by atoms with E-state index in [2.05, 4.69) is 35.1 Å². The average Bonchev–Trinajstić information content (AvgIpc) is 2.54. The minimum Gasteiger partial charge on any atom is -1.00 e. The number of hydroxylamine groups is 2. The van der Waals surface area contributed by atoms with Gasteiger partial charge in [-0.2, -0.15) is 5.06 Å². The molecule has 0 aliphatic carbocycles. The van der Waals surface area contributed by atoms with Gasteiger partial charge < -0.3 is 16.9 Å². The molecular weight excluding hydrogens is 379 g/mol. The second kappa shape index (κ2) is 22.7. The molecule has 5 heteroatoms. The first-order chi connectivity index (χ1) is 12.0. The van der Waals surface area contributed by atoms with Crippen LogP contribution in [0, 0.1) is 0 Å². The number of rotatable bonds is 19. The number of halogens is 2. The molecule has 0 saturated carbocycles. The van der Waals surface area contributed by atoms with E-state index in [0.29, 0.717) is 0 Å². The standard InChI is InChI=1S/C22H49N2O.2ClH/c1-6-7-8-9-10-11-12-13-14-15-16-17-18-19-20-23(2)25-22-21-24(3,4)5;;/h6-22H2,1-5H3;2*1H/q+1;;/p-1. The van der Waals surface area contributed by atoms with E-state index >= 15 is 0 Å². The summed E-state index contributed by atoms with van der Waals surface area (Å²) in [6, 6.07) is 0. The summed E-state index contributed by atoms with van der Waals surface area (Å²) in [6.07, 6.45) is 19.8. The first kappa shape index (κ1) is 32.1. The predicted octanol–water partition coefficient (Wildman–Crippen LogP) is 3.46. The zero-order valence-electron chi connectivity index (χ0n) is 19.1. The van der Waals surface area contributed by atoms with E-state index in [0.717, 1.165) is 24.2 Å². The maximum atomic E-state index is 5.75. The largest absolute Gasteiger partial charge is 1.00 e. The summed E-state index contributed by atoms with van der Waals surface area (Å²) in [5.74, 6) is 0. The van der Waals surface area contributed by atoms with Crippen LogP contribution in [0.4, 0.5) is 0 Å². The molecule has 168 valence electrons. The lowest BCUT2D eigenvalue weighted by molar-refractivity contribution is -0.871. The first-order valence-corrected chi connectivity index (χ1v) is 11.1. The monoisotopic (exact) mass is 428 g/mol. The van der Waals surface area contributed by atoms with E-state index < -0.39 is 0 Å². The second-order valence-corrected chi connectivity index (χ2v) is 8.79. The van der Waals surface area contributed by atoms with Gasteiger partial charge in [-0.25, -0.2) is 0 Å². The van der Waals surface area contributed by atoms with Crippen molar-refractivity contribution in [1.29, 1.82) is 0 Å². The molecule has 0 spiro atoms. The highest BCUT2D eigenvalue weighted by Crippen LogP contribution is 2.13. The molecule has 0 rings (SSSR count). The Kier molecular flexibility index (Phi) is 27.1. The molecule has 0 aliphatic rings. The first-order valence-electron chi connectivity index (χ1n) is 11.1. The Hall–Kier alpha value is 0.460. The summed E-state index contributed by atoms with van der Waals surface area (Å²) in [7, 11) is 8.68. The number of likely N-dealkylation sites (N-methyl/N-ethyl adjacent to an activating group) is 1. The highest BCUT2D eigenvalue weighted by molar-refractivity contribution is 5.85. The van der Waals surface area contributed by atoms with Gasteiger partial charge in [-0.15, -0.1) is 12.4 Å². The lowest BCUT2D eigenvalue weighted by Crippen LogP contribution is -3.00. The van der Waals surface area contributed by atoms with Gasteiger partial charge in [-0.3, -0.25) is 4.84 Å². The molecule has 0 bridgehead atoms. The number of hydrogen-bond donors (Lipinski definition) is 0. The molecule has 0 amide bonds. The Morgan fingerprint density at radius 2 is 1.04 bits per heavy atom. The summed E-state index contributed by atoms with van der Waals surface area (Å²) in [4.78, 5) is 5.75. The van der Waals surface area contributed by atoms with Crippen LogP contribution in [0.5, 0.6) is 0 Å². The maximum absolute atomic E-state index is 5.75. The van der Waals surface area contributed by atoms with Crippen LogP contribution in [-0.4, -0.2) is 57.4 Å². The summed E-state index contributed by atoms with van der Waals surface area (Å²) in [6.45, 7) is 5.23. The Morgan fingerprint density at radius 3 is 1.41 bits per heavy atom. The molecule has 3 nitrogen and oxygen atoms in total. The molecule has 0 heterocycles. The lowest BCUT2D eigenvalue weighted by Gasteiger charge is -2.25. The van der Waals surface area contributed by atoms with Gasteiger partial charge in [0.1, 0.15) is 13.2 Å². The normalized spacial score (nSPS) is 11.3. The molecule has 0 aromatic rings. The zero-order valence-corrected chi connectivity index (χ0v) is 20.7. The lowest BCUT2D eigenvalue weighted by atomic mass is 10.0. The molecule has 0 atom stereocenters. The minimum atomic E-state index is 0. The Bertz CT molecular complexity index is 274. The molecular formula is C22H50Cl2N2O. The van der Waals surface area contributed by atoms with Gasteiger partial charge in [0.15, 0.2) is 0 Å². The van der Waals surface area contributed by atoms with Gasteiger partial charge in [-0.1, -0.05) is 90.4 Å². The SMILES string of the molecule is CCCCCCCCCCCCCCCCN(C)OCC[N+](C)(C)C.Cl.[Cl-]. The third-order valence-corrected chi connectivity index (χ3v) is 4.90. The van der Waals surface area contributed by atoms with E-state index in [9.17, 15) is 0 Å². The fourth-order valence-electron chi connectivity index (χ4n) is 3.06. The third kappa shape index (κ3) is 28.8. The van der Waals surface area contributed by atoms with Crippen LogP contribution >= 0.6 is 12.4 Å². The van der Waals surface area contributed by atoms with Crippen molar-refractivity contribution in [3.63, 3.8) is 0 Å². The summed E-state index contributed by atoms with van der Waals surface area (Å²) >= 11 is 0. The Balaban J connectivity index is -0.00000288. The predicted molar refractivity (Wildman–Crippen MR) is 119 cm³/mol.